The standard InChI is InChI=1S/C55H70N19O29P5S5/c1-20-9-70(52(80)68-44(20)76)30-6-25(100-105(83,110)88-11-27-24(99-104(82,109)87-5)8-32(96-27)72-17-62-34-42(72)64-50(57)66-46(34)78)28(94-30)12-89-106(84,111)101-26-7-31(71-10-21(2)45(77)69-53(71)81)95-29(26)13-90-107(85,112)103-39-37-49(74-19-63-35-43(74)65-51(58)67-47(35)79)98-55(39,23(4)93-37)15-91-108(86,113)102-38-36-48(97-54(38,14-75)22(3)92-36)73-18-61-33-40(56)59-16-60-41(33)73/h9-10,16-19,22-32,36-39,48-49,75H,6-8,11-15H2,1-5H3,(H,82,109)(H,83,110)(H,84,111)(H,85,112)(H,86,113)(H2,56,59,60)(H,68,76,80)(H,69,77,81)(H3,57,64,66,78)(H3,58,65,67,79)/p-5/t22-,23-,24+,25+,26+,27+,28+,29+,30+,31+,32+,36?,37?,38+,39+,48+,49+,54-,55-,104?,105?,106?,107?,108?/m0/s1. The molecule has 15 rings (SSSR count). The van der Waals surface area contributed by atoms with E-state index in [9.17, 15) is 53.4 Å². The molecule has 58 heteroatoms. The molecule has 0 radical (unpaired) electrons. The Labute approximate surface area is 657 Å². The third-order valence-electron chi connectivity index (χ3n) is 19.9. The first-order chi connectivity index (χ1) is 53.3. The number of aliphatic hydroxyl groups excluding tert-OH is 1. The van der Waals surface area contributed by atoms with Gasteiger partial charge in [0.15, 0.2) is 53.0 Å². The highest BCUT2D eigenvalue weighted by atomic mass is 32.7. The molecule has 7 fully saturated rings. The maximum atomic E-state index is 15.1. The Morgan fingerprint density at radius 2 is 0.973 bits per heavy atom. The number of nitrogens with two attached hydrogens (primary N) is 3. The Kier molecular flexibility index (Phi) is 22.5. The van der Waals surface area contributed by atoms with Crippen molar-refractivity contribution in [2.45, 2.75) is 163 Å². The summed E-state index contributed by atoms with van der Waals surface area (Å²) in [6.07, 6.45) is -16.9. The number of aromatic nitrogens is 16. The van der Waals surface area contributed by atoms with Crippen LogP contribution in [0, 0.1) is 13.8 Å². The summed E-state index contributed by atoms with van der Waals surface area (Å²) >= 11 is 27.1. The van der Waals surface area contributed by atoms with Crippen LogP contribution in [0.1, 0.15) is 75.4 Å². The number of fused-ring (bicyclic) bond motifs is 7. The topological polar surface area (TPSA) is 645 Å². The van der Waals surface area contributed by atoms with E-state index in [0.29, 0.717) is 0 Å². The number of nitrogens with zero attached hydrogens (tertiary/aromatic N) is 12. The van der Waals surface area contributed by atoms with E-state index in [-0.39, 0.29) is 68.8 Å². The van der Waals surface area contributed by atoms with Gasteiger partial charge in [-0.25, -0.2) is 34.5 Å². The Morgan fingerprint density at radius 1 is 0.549 bits per heavy atom. The predicted molar refractivity (Wildman–Crippen MR) is 391 cm³/mol. The Hall–Kier alpha value is -5.69. The molecule has 15 heterocycles. The van der Waals surface area contributed by atoms with Crippen molar-refractivity contribution < 1.29 is 108 Å². The fraction of sp³-hybridized carbons (Fsp3) is 0.582. The molecule has 0 spiro atoms. The van der Waals surface area contributed by atoms with Crippen molar-refractivity contribution >= 4 is 144 Å². The first kappa shape index (κ1) is 82.4. The van der Waals surface area contributed by atoms with Crippen LogP contribution < -0.4 is 70.4 Å². The van der Waals surface area contributed by atoms with E-state index >= 15 is 4.57 Å². The Balaban J connectivity index is 0.667. The molecule has 614 valence electrons. The number of imidazole rings is 3. The maximum Gasteiger partial charge on any atom is 0.330 e. The summed E-state index contributed by atoms with van der Waals surface area (Å²) in [4.78, 5) is 173. The third-order valence-corrected chi connectivity index (χ3v) is 27.7. The lowest BCUT2D eigenvalue weighted by Gasteiger charge is -2.41. The molecule has 7 aliphatic rings. The molecule has 24 atom stereocenters. The summed E-state index contributed by atoms with van der Waals surface area (Å²) in [5.74, 6) is -0.541. The zero-order chi connectivity index (χ0) is 80.7. The van der Waals surface area contributed by atoms with Gasteiger partial charge in [-0.15, -0.1) is 0 Å². The molecule has 48 nitrogen and oxygen atoms in total. The molecule has 7 unspecified atom stereocenters. The number of nitrogen functional groups attached to an aromatic ring is 3. The van der Waals surface area contributed by atoms with Crippen LogP contribution in [-0.2, 0) is 142 Å². The van der Waals surface area contributed by atoms with Gasteiger partial charge in [0.2, 0.25) is 11.9 Å². The molecule has 0 aliphatic carbocycles. The van der Waals surface area contributed by atoms with Gasteiger partial charge < -0.3 is 133 Å². The molecule has 7 aliphatic heterocycles. The minimum atomic E-state index is -5.07. The van der Waals surface area contributed by atoms with Crippen molar-refractivity contribution in [3.8, 4) is 0 Å². The fourth-order valence-electron chi connectivity index (χ4n) is 14.4. The monoisotopic (exact) mass is 1770 g/mol. The van der Waals surface area contributed by atoms with E-state index in [0.717, 1.165) is 35.0 Å². The molecule has 7 saturated heterocycles. The molecular formula is C55H65N19O29P5S5-5. The van der Waals surface area contributed by atoms with Crippen LogP contribution in [-0.4, -0.2) is 207 Å². The zero-order valence-corrected chi connectivity index (χ0v) is 67.2. The van der Waals surface area contributed by atoms with Gasteiger partial charge in [0.25, 0.3) is 22.2 Å². The van der Waals surface area contributed by atoms with Gasteiger partial charge in [-0.05, 0) is 27.7 Å². The van der Waals surface area contributed by atoms with Crippen molar-refractivity contribution in [1.82, 2.24) is 77.7 Å². The summed E-state index contributed by atoms with van der Waals surface area (Å²) in [7, 11) is 1.04. The molecule has 0 saturated carbocycles. The average molecular weight is 1770 g/mol. The molecular weight excluding hydrogens is 1710 g/mol. The van der Waals surface area contributed by atoms with E-state index in [1.54, 1.807) is 6.92 Å². The van der Waals surface area contributed by atoms with Crippen LogP contribution in [0.4, 0.5) is 17.7 Å². The maximum absolute atomic E-state index is 15.1. The number of aliphatic hydroxyl groups is 1. The normalized spacial score (nSPS) is 32.9. The first-order valence-electron chi connectivity index (χ1n) is 33.6. The lowest BCUT2D eigenvalue weighted by molar-refractivity contribution is -0.239. The summed E-state index contributed by atoms with van der Waals surface area (Å²) in [5, 5.41) is 11.0. The minimum absolute atomic E-state index is 0.0167. The first-order valence-corrected chi connectivity index (χ1v) is 46.4. The van der Waals surface area contributed by atoms with Crippen LogP contribution in [0.2, 0.25) is 0 Å². The van der Waals surface area contributed by atoms with Gasteiger partial charge in [0, 0.05) is 49.9 Å². The van der Waals surface area contributed by atoms with Crippen molar-refractivity contribution in [2.75, 3.05) is 57.3 Å². The largest absolute Gasteiger partial charge is 0.780 e. The number of anilines is 3. The van der Waals surface area contributed by atoms with Gasteiger partial charge in [-0.1, -0.05) is 47.2 Å². The summed E-state index contributed by atoms with van der Waals surface area (Å²) < 4.78 is 124. The predicted octanol–water partition coefficient (Wildman–Crippen LogP) is -3.85. The third kappa shape index (κ3) is 15.9. The van der Waals surface area contributed by atoms with Crippen LogP contribution in [0.3, 0.4) is 0 Å². The zero-order valence-electron chi connectivity index (χ0n) is 58.7. The molecule has 113 heavy (non-hydrogen) atoms. The molecule has 4 bridgehead atoms. The van der Waals surface area contributed by atoms with Crippen LogP contribution in [0.15, 0.2) is 66.5 Å². The van der Waals surface area contributed by atoms with Gasteiger partial charge in [0.1, 0.15) is 111 Å². The highest BCUT2D eigenvalue weighted by molar-refractivity contribution is 8.32. The Bertz CT molecular complexity index is 5720. The van der Waals surface area contributed by atoms with Crippen molar-refractivity contribution in [3.63, 3.8) is 0 Å². The van der Waals surface area contributed by atoms with E-state index in [1.807, 2.05) is 0 Å². The molecule has 8 aromatic rings. The second-order valence-corrected chi connectivity index (χ2v) is 40.5. The average Bonchev–Trinajstić information content (AvgIpc) is 1.55. The molecule has 0 amide bonds. The summed E-state index contributed by atoms with van der Waals surface area (Å²) in [6.45, 7) is -22.3. The number of aryl methyl sites for hydroxylation is 2. The van der Waals surface area contributed by atoms with E-state index in [2.05, 4.69) is 54.8 Å². The second kappa shape index (κ2) is 30.9. The highest BCUT2D eigenvalue weighted by Crippen LogP contribution is 2.61. The number of hydrogen-bond donors (Lipinski definition) is 8. The SMILES string of the molecule is COP([O-])(=S)O[C@@H]1C[C@H](n2cnc3c(=O)[nH]c(N)nc32)O[C@@H]1COP([O-])(=S)O[C@@H]1C[C@H](n2cc(C)c(=O)[nH]c2=O)O[C@@H]1COP([O-])(=S)O[C@@H]1C[C@H](n2cc(C)c(=O)[nH]c2=O)O[C@@H]1COP(=O)([S-])O[C@@H]1C2O[C@@H](C)[C@]1(COP([O-])(=S)O[C@@H]1C3O[C@@H](C)[C@]1(CO)O[C@H]3n1cnc3c(N)ncnc31)O[C@H]2n1cnc2c(=O)[nH]c(N)nc21. The van der Waals surface area contributed by atoms with Crippen LogP contribution in [0.25, 0.3) is 33.5 Å². The fourth-order valence-corrected chi connectivity index (χ4v) is 21.1. The van der Waals surface area contributed by atoms with Gasteiger partial charge in [-0.2, -0.15) is 9.97 Å². The van der Waals surface area contributed by atoms with Gasteiger partial charge in [0.05, 0.1) is 82.5 Å². The second-order valence-electron chi connectivity index (χ2n) is 26.8. The quantitative estimate of drug-likeness (QED) is 0.0164. The minimum Gasteiger partial charge on any atom is -0.780 e. The van der Waals surface area contributed by atoms with E-state index in [4.69, 9.17) is 155 Å². The number of aromatic amines is 4. The van der Waals surface area contributed by atoms with E-state index in [1.165, 1.54) is 53.5 Å². The van der Waals surface area contributed by atoms with Gasteiger partial charge >= 0.3 is 11.4 Å². The van der Waals surface area contributed by atoms with E-state index < -0.39 is 229 Å². The van der Waals surface area contributed by atoms with Crippen molar-refractivity contribution in [1.29, 1.82) is 0 Å². The molecule has 0 aromatic carbocycles. The summed E-state index contributed by atoms with van der Waals surface area (Å²) in [5.41, 5.74) is 9.21. The number of nitrogens with one attached hydrogen (secondary N) is 4. The van der Waals surface area contributed by atoms with Crippen molar-refractivity contribution in [2.24, 2.45) is 0 Å². The number of rotatable bonds is 29. The highest BCUT2D eigenvalue weighted by Gasteiger charge is 2.70. The van der Waals surface area contributed by atoms with Crippen LogP contribution >= 0.6 is 33.7 Å². The van der Waals surface area contributed by atoms with Crippen molar-refractivity contribution in [3.05, 3.63) is 111 Å². The molecule has 11 N–H and O–H groups in total. The number of ether oxygens (including phenoxy) is 7. The lowest BCUT2D eigenvalue weighted by atomic mass is 9.94. The number of H-pyrrole nitrogens is 4. The van der Waals surface area contributed by atoms with Crippen LogP contribution in [0.5, 0.6) is 0 Å². The summed E-state index contributed by atoms with van der Waals surface area (Å²) in [6, 6.07) is 0. The smallest absolute Gasteiger partial charge is 0.330 e. The molecule has 8 aromatic heterocycles. The lowest BCUT2D eigenvalue weighted by Crippen LogP contribution is -2.51. The van der Waals surface area contributed by atoms with Gasteiger partial charge in [-0.3, -0.25) is 66.5 Å². The number of hydrogen-bond acceptors (Lipinski definition) is 44. The Morgan fingerprint density at radius 3 is 1.48 bits per heavy atom.